The molecule has 1 aliphatic heterocycles. The van der Waals surface area contributed by atoms with Crippen molar-refractivity contribution >= 4 is 24.0 Å². The van der Waals surface area contributed by atoms with Crippen LogP contribution >= 0.6 is 24.0 Å². The van der Waals surface area contributed by atoms with Gasteiger partial charge in [-0.05, 0) is 17.7 Å². The molecule has 148 valence electrons. The third-order valence-electron chi connectivity index (χ3n) is 4.78. The number of rotatable bonds is 6. The van der Waals surface area contributed by atoms with Crippen LogP contribution in [-0.4, -0.2) is 45.9 Å². The number of hydrogen-bond acceptors (Lipinski definition) is 5. The molecule has 1 fully saturated rings. The first-order valence-electron chi connectivity index (χ1n) is 8.66. The summed E-state index contributed by atoms with van der Waals surface area (Å²) in [6.45, 7) is 3.46. The number of benzene rings is 2. The summed E-state index contributed by atoms with van der Waals surface area (Å²) in [5.41, 5.74) is 2.20. The van der Waals surface area contributed by atoms with Gasteiger partial charge in [-0.1, -0.05) is 29.8 Å². The molecule has 7 heteroatoms. The summed E-state index contributed by atoms with van der Waals surface area (Å²) in [6, 6.07) is 12.1. The predicted molar refractivity (Wildman–Crippen MR) is 111 cm³/mol. The lowest BCUT2D eigenvalue weighted by Crippen LogP contribution is -2.45. The van der Waals surface area contributed by atoms with Crippen molar-refractivity contribution in [3.63, 3.8) is 0 Å². The summed E-state index contributed by atoms with van der Waals surface area (Å²) in [7, 11) is 4.94. The molecule has 27 heavy (non-hydrogen) atoms. The van der Waals surface area contributed by atoms with E-state index in [4.69, 9.17) is 25.8 Å². The van der Waals surface area contributed by atoms with Crippen molar-refractivity contribution in [2.75, 3.05) is 41.0 Å². The van der Waals surface area contributed by atoms with E-state index >= 15 is 0 Å². The Morgan fingerprint density at radius 3 is 2.37 bits per heavy atom. The van der Waals surface area contributed by atoms with Crippen LogP contribution in [0.15, 0.2) is 36.4 Å². The van der Waals surface area contributed by atoms with Crippen molar-refractivity contribution in [3.8, 4) is 17.2 Å². The van der Waals surface area contributed by atoms with Crippen molar-refractivity contribution in [2.24, 2.45) is 0 Å². The standard InChI is InChI=1S/C20H25ClN2O3.ClH/c1-24-18-11-20(26-3)19(25-2)10-14(18)13-23-9-8-22-12-17(23)15-6-4-5-7-16(15)21;/h4-7,10-11,17,22H,8-9,12-13H2,1-3H3;1H. The predicted octanol–water partition coefficient (Wildman–Crippen LogP) is 3.93. The highest BCUT2D eigenvalue weighted by atomic mass is 35.5. The summed E-state index contributed by atoms with van der Waals surface area (Å²) in [5.74, 6) is 2.16. The van der Waals surface area contributed by atoms with Crippen LogP contribution in [0.4, 0.5) is 0 Å². The van der Waals surface area contributed by atoms with Gasteiger partial charge in [0.25, 0.3) is 0 Å². The number of hydrogen-bond donors (Lipinski definition) is 1. The minimum Gasteiger partial charge on any atom is -0.496 e. The maximum atomic E-state index is 6.46. The van der Waals surface area contributed by atoms with Crippen molar-refractivity contribution in [1.29, 1.82) is 0 Å². The molecule has 3 rings (SSSR count). The van der Waals surface area contributed by atoms with E-state index in [0.29, 0.717) is 11.5 Å². The smallest absolute Gasteiger partial charge is 0.164 e. The largest absolute Gasteiger partial charge is 0.496 e. The number of halogens is 2. The van der Waals surface area contributed by atoms with Gasteiger partial charge in [0.1, 0.15) is 5.75 Å². The Bertz CT molecular complexity index is 758. The molecule has 2 aromatic carbocycles. The lowest BCUT2D eigenvalue weighted by Gasteiger charge is -2.37. The van der Waals surface area contributed by atoms with Gasteiger partial charge in [0.15, 0.2) is 11.5 Å². The first kappa shape index (κ1) is 21.6. The van der Waals surface area contributed by atoms with Gasteiger partial charge in [0, 0.05) is 48.9 Å². The van der Waals surface area contributed by atoms with E-state index in [9.17, 15) is 0 Å². The number of ether oxygens (including phenoxy) is 3. The topological polar surface area (TPSA) is 43.0 Å². The molecule has 1 heterocycles. The zero-order valence-electron chi connectivity index (χ0n) is 15.8. The van der Waals surface area contributed by atoms with Crippen molar-refractivity contribution < 1.29 is 14.2 Å². The van der Waals surface area contributed by atoms with E-state index < -0.39 is 0 Å². The van der Waals surface area contributed by atoms with Crippen LogP contribution in [0, 0.1) is 0 Å². The molecule has 0 aliphatic carbocycles. The molecule has 0 saturated carbocycles. The number of nitrogens with zero attached hydrogens (tertiary/aromatic N) is 1. The van der Waals surface area contributed by atoms with Crippen LogP contribution in [0.25, 0.3) is 0 Å². The van der Waals surface area contributed by atoms with Gasteiger partial charge in [-0.3, -0.25) is 4.90 Å². The Kier molecular flexibility index (Phi) is 8.05. The van der Waals surface area contributed by atoms with Crippen LogP contribution in [0.3, 0.4) is 0 Å². The molecule has 1 unspecified atom stereocenters. The van der Waals surface area contributed by atoms with E-state index in [1.54, 1.807) is 21.3 Å². The third kappa shape index (κ3) is 4.79. The molecular formula is C20H26Cl2N2O3. The zero-order chi connectivity index (χ0) is 18.5. The molecule has 1 saturated heterocycles. The Hall–Kier alpha value is -1.66. The van der Waals surface area contributed by atoms with Gasteiger partial charge in [-0.15, -0.1) is 12.4 Å². The van der Waals surface area contributed by atoms with Crippen LogP contribution in [0.2, 0.25) is 5.02 Å². The first-order chi connectivity index (χ1) is 12.7. The van der Waals surface area contributed by atoms with Crippen molar-refractivity contribution in [3.05, 3.63) is 52.5 Å². The number of methoxy groups -OCH3 is 3. The second-order valence-electron chi connectivity index (χ2n) is 6.23. The quantitative estimate of drug-likeness (QED) is 0.778. The molecule has 0 amide bonds. The molecule has 1 atom stereocenters. The Morgan fingerprint density at radius 1 is 1.04 bits per heavy atom. The molecule has 2 aromatic rings. The van der Waals surface area contributed by atoms with Crippen LogP contribution < -0.4 is 19.5 Å². The zero-order valence-corrected chi connectivity index (χ0v) is 17.4. The summed E-state index contributed by atoms with van der Waals surface area (Å²) < 4.78 is 16.4. The lowest BCUT2D eigenvalue weighted by molar-refractivity contribution is 0.152. The highest BCUT2D eigenvalue weighted by Crippen LogP contribution is 2.37. The lowest BCUT2D eigenvalue weighted by atomic mass is 10.0. The second kappa shape index (κ2) is 10.0. The van der Waals surface area contributed by atoms with E-state index in [1.165, 1.54) is 0 Å². The summed E-state index contributed by atoms with van der Waals surface area (Å²) in [4.78, 5) is 2.42. The summed E-state index contributed by atoms with van der Waals surface area (Å²) >= 11 is 6.46. The molecule has 5 nitrogen and oxygen atoms in total. The van der Waals surface area contributed by atoms with Crippen molar-refractivity contribution in [1.82, 2.24) is 10.2 Å². The molecule has 0 bridgehead atoms. The second-order valence-corrected chi connectivity index (χ2v) is 6.64. The Labute approximate surface area is 172 Å². The van der Waals surface area contributed by atoms with Crippen LogP contribution in [0.1, 0.15) is 17.2 Å². The molecule has 1 N–H and O–H groups in total. The van der Waals surface area contributed by atoms with Crippen LogP contribution in [0.5, 0.6) is 17.2 Å². The van der Waals surface area contributed by atoms with E-state index in [-0.39, 0.29) is 18.4 Å². The van der Waals surface area contributed by atoms with Crippen LogP contribution in [-0.2, 0) is 6.54 Å². The Morgan fingerprint density at radius 2 is 1.70 bits per heavy atom. The molecular weight excluding hydrogens is 387 g/mol. The minimum atomic E-state index is 0. The van der Waals surface area contributed by atoms with Gasteiger partial charge in [-0.2, -0.15) is 0 Å². The average molecular weight is 413 g/mol. The maximum absolute atomic E-state index is 6.46. The van der Waals surface area contributed by atoms with Crippen molar-refractivity contribution in [2.45, 2.75) is 12.6 Å². The molecule has 0 aromatic heterocycles. The number of nitrogens with one attached hydrogen (secondary N) is 1. The molecule has 1 aliphatic rings. The normalized spacial score (nSPS) is 17.1. The molecule has 0 spiro atoms. The highest BCUT2D eigenvalue weighted by molar-refractivity contribution is 6.31. The van der Waals surface area contributed by atoms with E-state index in [1.807, 2.05) is 30.3 Å². The fraction of sp³-hybridized carbons (Fsp3) is 0.400. The minimum absolute atomic E-state index is 0. The fourth-order valence-electron chi connectivity index (χ4n) is 3.42. The van der Waals surface area contributed by atoms with E-state index in [2.05, 4.69) is 16.3 Å². The fourth-order valence-corrected chi connectivity index (χ4v) is 3.68. The summed E-state index contributed by atoms with van der Waals surface area (Å²) in [5, 5.41) is 4.27. The third-order valence-corrected chi connectivity index (χ3v) is 5.12. The molecule has 0 radical (unpaired) electrons. The monoisotopic (exact) mass is 412 g/mol. The van der Waals surface area contributed by atoms with Gasteiger partial charge < -0.3 is 19.5 Å². The maximum Gasteiger partial charge on any atom is 0.164 e. The Balaban J connectivity index is 0.00000261. The first-order valence-corrected chi connectivity index (χ1v) is 9.03. The summed E-state index contributed by atoms with van der Waals surface area (Å²) in [6.07, 6.45) is 0. The van der Waals surface area contributed by atoms with Gasteiger partial charge in [0.05, 0.1) is 21.3 Å². The SMILES string of the molecule is COc1cc(OC)c(OC)cc1CN1CCNCC1c1ccccc1Cl.Cl. The number of piperazine rings is 1. The average Bonchev–Trinajstić information content (AvgIpc) is 2.68. The van der Waals surface area contributed by atoms with Gasteiger partial charge in [0.2, 0.25) is 0 Å². The highest BCUT2D eigenvalue weighted by Gasteiger charge is 2.26. The van der Waals surface area contributed by atoms with Gasteiger partial charge >= 0.3 is 0 Å². The van der Waals surface area contributed by atoms with Gasteiger partial charge in [-0.25, -0.2) is 0 Å². The van der Waals surface area contributed by atoms with E-state index in [0.717, 1.165) is 48.1 Å².